The molecule has 1 amide bonds. The monoisotopic (exact) mass is 454 g/mol. The van der Waals surface area contributed by atoms with Crippen LogP contribution in [0.5, 0.6) is 0 Å². The second kappa shape index (κ2) is 7.71. The summed E-state index contributed by atoms with van der Waals surface area (Å²) >= 11 is 0. The van der Waals surface area contributed by atoms with E-state index in [-0.39, 0.29) is 23.3 Å². The number of allylic oxidation sites excluding steroid dienone is 1. The lowest BCUT2D eigenvalue weighted by Crippen LogP contribution is -2.73. The Bertz CT molecular complexity index is 936. The van der Waals surface area contributed by atoms with Gasteiger partial charge in [0.25, 0.3) is 0 Å². The van der Waals surface area contributed by atoms with Crippen molar-refractivity contribution in [3.8, 4) is 0 Å². The number of ether oxygens (including phenoxy) is 1. The Morgan fingerprint density at radius 2 is 1.94 bits per heavy atom. The van der Waals surface area contributed by atoms with Gasteiger partial charge >= 0.3 is 6.09 Å². The maximum Gasteiger partial charge on any atom is 0.415 e. The number of carbonyl (C=O) groups excluding carboxylic acids is 1. The third-order valence-corrected chi connectivity index (χ3v) is 14.2. The molecule has 1 saturated carbocycles. The molecular formula is C26H38N2O3Si. The first kappa shape index (κ1) is 22.2. The molecule has 4 aliphatic rings. The van der Waals surface area contributed by atoms with E-state index < -0.39 is 8.32 Å². The van der Waals surface area contributed by atoms with Crippen LogP contribution in [0.2, 0.25) is 18.1 Å². The fraction of sp³-hybridized carbons (Fsp3) is 0.654. The zero-order valence-electron chi connectivity index (χ0n) is 20.3. The van der Waals surface area contributed by atoms with Crippen molar-refractivity contribution in [2.45, 2.75) is 82.3 Å². The first-order valence-corrected chi connectivity index (χ1v) is 15.1. The van der Waals surface area contributed by atoms with Crippen LogP contribution in [0.3, 0.4) is 0 Å². The highest BCUT2D eigenvalue weighted by molar-refractivity contribution is 6.73. The number of para-hydroxylation sites is 1. The molecule has 174 valence electrons. The van der Waals surface area contributed by atoms with E-state index in [1.807, 2.05) is 4.90 Å². The normalized spacial score (nSPS) is 34.5. The number of benzene rings is 1. The molecule has 4 atom stereocenters. The Kier molecular flexibility index (Phi) is 5.34. The number of methoxy groups -OCH3 is 1. The lowest BCUT2D eigenvalue weighted by Gasteiger charge is -2.61. The summed E-state index contributed by atoms with van der Waals surface area (Å²) in [6.45, 7) is 11.1. The summed E-state index contributed by atoms with van der Waals surface area (Å²) in [4.78, 5) is 18.0. The standard InChI is InChI=1S/C26H38N2O3Si/c1-6-19-18-27-15-14-25-21-12-10-11-13-22(21)28(24(29)30-5)26(25,27)17-20(19)16-23(25)31-32(7-2,8-3)9-4/h6,10-13,20,23H,7-9,14-18H2,1-5H3/b19-6+/t20-,23+,25-,26+/m0/s1. The molecule has 2 saturated heterocycles. The predicted octanol–water partition coefficient (Wildman–Crippen LogP) is 5.67. The van der Waals surface area contributed by atoms with Gasteiger partial charge in [-0.15, -0.1) is 0 Å². The van der Waals surface area contributed by atoms with E-state index in [1.54, 1.807) is 0 Å². The Morgan fingerprint density at radius 3 is 2.59 bits per heavy atom. The minimum absolute atomic E-state index is 0.129. The molecule has 1 aromatic rings. The van der Waals surface area contributed by atoms with Crippen LogP contribution >= 0.6 is 0 Å². The minimum Gasteiger partial charge on any atom is -0.452 e. The SMILES string of the molecule is C/C=C1\CN2CC[C@@]34c5ccccc5N(C(=O)OC)[C@@]23C[C@@H]1C[C@H]4O[Si](CC)(CC)CC. The molecule has 0 unspecified atom stereocenters. The number of hydrogen-bond acceptors (Lipinski definition) is 4. The van der Waals surface area contributed by atoms with E-state index in [0.717, 1.165) is 56.2 Å². The van der Waals surface area contributed by atoms with Crippen LogP contribution in [-0.4, -0.2) is 51.3 Å². The topological polar surface area (TPSA) is 42.0 Å². The first-order chi connectivity index (χ1) is 15.5. The smallest absolute Gasteiger partial charge is 0.415 e. The predicted molar refractivity (Wildman–Crippen MR) is 130 cm³/mol. The van der Waals surface area contributed by atoms with Crippen LogP contribution in [0.25, 0.3) is 0 Å². The first-order valence-electron chi connectivity index (χ1n) is 12.5. The highest BCUT2D eigenvalue weighted by Gasteiger charge is 2.76. The number of anilines is 1. The Balaban J connectivity index is 1.75. The maximum absolute atomic E-state index is 13.4. The maximum atomic E-state index is 13.4. The van der Waals surface area contributed by atoms with Crippen molar-refractivity contribution in [2.24, 2.45) is 5.92 Å². The van der Waals surface area contributed by atoms with Gasteiger partial charge in [0.1, 0.15) is 5.66 Å². The molecule has 0 N–H and O–H groups in total. The minimum atomic E-state index is -1.84. The summed E-state index contributed by atoms with van der Waals surface area (Å²) < 4.78 is 12.8. The molecule has 1 aliphatic carbocycles. The molecular weight excluding hydrogens is 416 g/mol. The van der Waals surface area contributed by atoms with E-state index in [1.165, 1.54) is 18.2 Å². The van der Waals surface area contributed by atoms with Crippen LogP contribution < -0.4 is 4.90 Å². The summed E-state index contributed by atoms with van der Waals surface area (Å²) in [6.07, 6.45) is 5.27. The Hall–Kier alpha value is -1.63. The van der Waals surface area contributed by atoms with Gasteiger partial charge in [-0.1, -0.05) is 50.6 Å². The quantitative estimate of drug-likeness (QED) is 0.424. The van der Waals surface area contributed by atoms with Crippen molar-refractivity contribution in [1.82, 2.24) is 4.90 Å². The van der Waals surface area contributed by atoms with Crippen molar-refractivity contribution < 1.29 is 14.0 Å². The molecule has 5 nitrogen and oxygen atoms in total. The van der Waals surface area contributed by atoms with Gasteiger partial charge in [-0.25, -0.2) is 4.79 Å². The molecule has 3 heterocycles. The van der Waals surface area contributed by atoms with E-state index in [4.69, 9.17) is 9.16 Å². The lowest BCUT2D eigenvalue weighted by molar-refractivity contribution is -0.0600. The fourth-order valence-corrected chi connectivity index (χ4v) is 10.7. The van der Waals surface area contributed by atoms with Crippen LogP contribution in [-0.2, 0) is 14.6 Å². The second-order valence-electron chi connectivity index (χ2n) is 10.1. The zero-order valence-corrected chi connectivity index (χ0v) is 21.3. The molecule has 0 aromatic heterocycles. The third-order valence-electron chi connectivity index (χ3n) is 9.54. The van der Waals surface area contributed by atoms with E-state index in [9.17, 15) is 4.79 Å². The summed E-state index contributed by atoms with van der Waals surface area (Å²) in [5.74, 6) is 0.450. The van der Waals surface area contributed by atoms with Crippen molar-refractivity contribution in [3.05, 3.63) is 41.5 Å². The third kappa shape index (κ3) is 2.54. The van der Waals surface area contributed by atoms with Crippen molar-refractivity contribution in [3.63, 3.8) is 0 Å². The Labute approximate surface area is 193 Å². The van der Waals surface area contributed by atoms with Gasteiger partial charge in [0, 0.05) is 13.1 Å². The van der Waals surface area contributed by atoms with Crippen LogP contribution in [0, 0.1) is 5.92 Å². The van der Waals surface area contributed by atoms with Gasteiger partial charge in [0.15, 0.2) is 8.32 Å². The van der Waals surface area contributed by atoms with Gasteiger partial charge in [0.05, 0.1) is 24.3 Å². The highest BCUT2D eigenvalue weighted by atomic mass is 28.4. The van der Waals surface area contributed by atoms with Crippen molar-refractivity contribution >= 4 is 20.1 Å². The van der Waals surface area contributed by atoms with Gasteiger partial charge in [-0.05, 0) is 61.9 Å². The second-order valence-corrected chi connectivity index (χ2v) is 14.9. The number of fused-ring (bicyclic) bond motifs is 2. The molecule has 6 heteroatoms. The van der Waals surface area contributed by atoms with Crippen LogP contribution in [0.15, 0.2) is 35.9 Å². The average molecular weight is 455 g/mol. The van der Waals surface area contributed by atoms with E-state index in [0.29, 0.717) is 5.92 Å². The highest BCUT2D eigenvalue weighted by Crippen LogP contribution is 2.68. The largest absolute Gasteiger partial charge is 0.452 e. The Morgan fingerprint density at radius 1 is 1.22 bits per heavy atom. The number of hydrogen-bond donors (Lipinski definition) is 0. The number of rotatable bonds is 5. The number of carbonyl (C=O) groups is 1. The van der Waals surface area contributed by atoms with E-state index in [2.05, 4.69) is 62.9 Å². The lowest BCUT2D eigenvalue weighted by atomic mass is 9.57. The molecule has 1 aromatic carbocycles. The number of piperidine rings is 1. The molecule has 5 rings (SSSR count). The fourth-order valence-electron chi connectivity index (χ4n) is 7.76. The van der Waals surface area contributed by atoms with Crippen molar-refractivity contribution in [2.75, 3.05) is 25.1 Å². The van der Waals surface area contributed by atoms with Crippen LogP contribution in [0.1, 0.15) is 52.5 Å². The molecule has 3 fully saturated rings. The van der Waals surface area contributed by atoms with E-state index >= 15 is 0 Å². The van der Waals surface area contributed by atoms with Gasteiger partial charge < -0.3 is 9.16 Å². The average Bonchev–Trinajstić information content (AvgIpc) is 3.31. The number of nitrogens with zero attached hydrogens (tertiary/aromatic N) is 2. The molecule has 0 radical (unpaired) electrons. The molecule has 3 aliphatic heterocycles. The summed E-state index contributed by atoms with van der Waals surface area (Å²) in [6, 6.07) is 12.0. The van der Waals surface area contributed by atoms with Gasteiger partial charge in [-0.3, -0.25) is 9.80 Å². The number of amides is 1. The molecule has 32 heavy (non-hydrogen) atoms. The molecule has 2 bridgehead atoms. The molecule has 1 spiro atoms. The van der Waals surface area contributed by atoms with Gasteiger partial charge in [-0.2, -0.15) is 0 Å². The van der Waals surface area contributed by atoms with Crippen molar-refractivity contribution in [1.29, 1.82) is 0 Å². The summed E-state index contributed by atoms with van der Waals surface area (Å²) in [5.41, 5.74) is 3.26. The summed E-state index contributed by atoms with van der Waals surface area (Å²) in [5, 5.41) is 0. The van der Waals surface area contributed by atoms with Gasteiger partial charge in [0.2, 0.25) is 0 Å². The zero-order chi connectivity index (χ0) is 22.7. The van der Waals surface area contributed by atoms with Crippen LogP contribution in [0.4, 0.5) is 10.5 Å². The summed E-state index contributed by atoms with van der Waals surface area (Å²) in [7, 11) is -0.329.